The molecule has 2 nitrogen and oxygen atoms in total. The fraction of sp³-hybridized carbons (Fsp3) is 0.269. The summed E-state index contributed by atoms with van der Waals surface area (Å²) in [7, 11) is 1.72. The largest absolute Gasteiger partial charge is 0.495 e. The summed E-state index contributed by atoms with van der Waals surface area (Å²) in [5.41, 5.74) is 6.84. The van der Waals surface area contributed by atoms with Crippen LogP contribution in [0, 0.1) is 0 Å². The summed E-state index contributed by atoms with van der Waals surface area (Å²) in [4.78, 5) is 4.96. The van der Waals surface area contributed by atoms with Gasteiger partial charge in [-0.2, -0.15) is 0 Å². The van der Waals surface area contributed by atoms with Crippen molar-refractivity contribution in [1.29, 1.82) is 0 Å². The Hall–Kier alpha value is -2.87. The highest BCUT2D eigenvalue weighted by Crippen LogP contribution is 2.36. The van der Waals surface area contributed by atoms with Gasteiger partial charge in [-0.05, 0) is 34.6 Å². The second kappa shape index (κ2) is 8.88. The maximum absolute atomic E-state index is 5.78. The molecule has 0 spiro atoms. The van der Waals surface area contributed by atoms with Crippen molar-refractivity contribution in [3.63, 3.8) is 0 Å². The quantitative estimate of drug-likeness (QED) is 0.415. The van der Waals surface area contributed by atoms with Crippen molar-refractivity contribution < 1.29 is 4.74 Å². The molecule has 2 heteroatoms. The summed E-state index contributed by atoms with van der Waals surface area (Å²) in [6, 6.07) is 23.0. The Kier molecular flexibility index (Phi) is 6.30. The molecule has 0 unspecified atom stereocenters. The lowest BCUT2D eigenvalue weighted by molar-refractivity contribution is 0.416. The molecule has 0 aliphatic carbocycles. The van der Waals surface area contributed by atoms with E-state index in [1.54, 1.807) is 7.11 Å². The van der Waals surface area contributed by atoms with Crippen LogP contribution >= 0.6 is 0 Å². The first-order valence-corrected chi connectivity index (χ1v) is 9.92. The normalized spacial score (nSPS) is 11.5. The molecule has 0 radical (unpaired) electrons. The average molecular weight is 372 g/mol. The maximum atomic E-state index is 5.78. The van der Waals surface area contributed by atoms with Gasteiger partial charge >= 0.3 is 0 Å². The number of benzene rings is 3. The third-order valence-corrected chi connectivity index (χ3v) is 5.01. The first-order valence-electron chi connectivity index (χ1n) is 9.92. The monoisotopic (exact) mass is 371 g/mol. The average Bonchev–Trinajstić information content (AvgIpc) is 2.72. The van der Waals surface area contributed by atoms with Crippen molar-refractivity contribution in [2.24, 2.45) is 4.99 Å². The van der Waals surface area contributed by atoms with Crippen molar-refractivity contribution in [3.05, 3.63) is 83.4 Å². The summed E-state index contributed by atoms with van der Waals surface area (Å²) in [6.45, 7) is 8.87. The topological polar surface area (TPSA) is 21.6 Å². The molecule has 3 aromatic carbocycles. The zero-order valence-electron chi connectivity index (χ0n) is 17.4. The standard InChI is InChI=1S/C26H29NO/c1-18(2)22-14-10-15-23(19(3)4)25(22)27-17-21-13-9-16-24(26(21)28-5)20-11-7-6-8-12-20/h6-19H,1-5H3. The van der Waals surface area contributed by atoms with Gasteiger partial charge < -0.3 is 4.74 Å². The Morgan fingerprint density at radius 1 is 0.750 bits per heavy atom. The van der Waals surface area contributed by atoms with Crippen molar-refractivity contribution >= 4 is 11.9 Å². The number of hydrogen-bond acceptors (Lipinski definition) is 2. The van der Waals surface area contributed by atoms with Crippen LogP contribution in [-0.4, -0.2) is 13.3 Å². The van der Waals surface area contributed by atoms with Crippen molar-refractivity contribution in [2.75, 3.05) is 7.11 Å². The van der Waals surface area contributed by atoms with Crippen LogP contribution in [0.15, 0.2) is 71.7 Å². The van der Waals surface area contributed by atoms with Gasteiger partial charge in [0.1, 0.15) is 5.75 Å². The second-order valence-electron chi connectivity index (χ2n) is 7.65. The van der Waals surface area contributed by atoms with Crippen LogP contribution in [-0.2, 0) is 0 Å². The molecule has 28 heavy (non-hydrogen) atoms. The molecule has 0 aliphatic heterocycles. The molecule has 0 atom stereocenters. The van der Waals surface area contributed by atoms with Gasteiger partial charge in [0.25, 0.3) is 0 Å². The van der Waals surface area contributed by atoms with Gasteiger partial charge in [-0.15, -0.1) is 0 Å². The van der Waals surface area contributed by atoms with E-state index in [1.807, 2.05) is 24.4 Å². The van der Waals surface area contributed by atoms with Crippen LogP contribution in [0.4, 0.5) is 5.69 Å². The van der Waals surface area contributed by atoms with Gasteiger partial charge in [-0.25, -0.2) is 0 Å². The zero-order valence-corrected chi connectivity index (χ0v) is 17.4. The molecule has 0 bridgehead atoms. The van der Waals surface area contributed by atoms with Crippen molar-refractivity contribution in [1.82, 2.24) is 0 Å². The number of para-hydroxylation sites is 2. The summed E-state index contributed by atoms with van der Waals surface area (Å²) >= 11 is 0. The summed E-state index contributed by atoms with van der Waals surface area (Å²) < 4.78 is 5.78. The molecular weight excluding hydrogens is 342 g/mol. The molecule has 0 saturated carbocycles. The predicted octanol–water partition coefficient (Wildman–Crippen LogP) is 7.36. The fourth-order valence-corrected chi connectivity index (χ4v) is 3.52. The minimum Gasteiger partial charge on any atom is -0.495 e. The van der Waals surface area contributed by atoms with E-state index in [4.69, 9.17) is 9.73 Å². The van der Waals surface area contributed by atoms with E-state index in [9.17, 15) is 0 Å². The van der Waals surface area contributed by atoms with Gasteiger partial charge in [-0.3, -0.25) is 4.99 Å². The highest BCUT2D eigenvalue weighted by Gasteiger charge is 2.14. The number of methoxy groups -OCH3 is 1. The van der Waals surface area contributed by atoms with Crippen molar-refractivity contribution in [3.8, 4) is 16.9 Å². The van der Waals surface area contributed by atoms with Crippen LogP contribution in [0.1, 0.15) is 56.2 Å². The summed E-state index contributed by atoms with van der Waals surface area (Å²) in [5, 5.41) is 0. The van der Waals surface area contributed by atoms with Crippen LogP contribution in [0.5, 0.6) is 5.75 Å². The number of nitrogens with zero attached hydrogens (tertiary/aromatic N) is 1. The number of ether oxygens (including phenoxy) is 1. The Morgan fingerprint density at radius 2 is 1.36 bits per heavy atom. The fourth-order valence-electron chi connectivity index (χ4n) is 3.52. The van der Waals surface area contributed by atoms with E-state index >= 15 is 0 Å². The third kappa shape index (κ3) is 4.17. The highest BCUT2D eigenvalue weighted by molar-refractivity contribution is 5.90. The van der Waals surface area contributed by atoms with E-state index < -0.39 is 0 Å². The molecule has 0 aliphatic rings. The minimum atomic E-state index is 0.420. The van der Waals surface area contributed by atoms with Crippen molar-refractivity contribution in [2.45, 2.75) is 39.5 Å². The van der Waals surface area contributed by atoms with Crippen LogP contribution in [0.2, 0.25) is 0 Å². The zero-order chi connectivity index (χ0) is 20.1. The Balaban J connectivity index is 2.09. The molecule has 0 amide bonds. The van der Waals surface area contributed by atoms with Gasteiger partial charge in [0.15, 0.2) is 0 Å². The van der Waals surface area contributed by atoms with E-state index in [1.165, 1.54) is 11.1 Å². The molecule has 3 rings (SSSR count). The maximum Gasteiger partial charge on any atom is 0.135 e. The SMILES string of the molecule is COc1c(C=Nc2c(C(C)C)cccc2C(C)C)cccc1-c1ccccc1. The molecule has 144 valence electrons. The Morgan fingerprint density at radius 3 is 1.93 bits per heavy atom. The first-order chi connectivity index (χ1) is 13.5. The van der Waals surface area contributed by atoms with Crippen LogP contribution in [0.3, 0.4) is 0 Å². The Bertz CT molecular complexity index is 929. The number of hydrogen-bond donors (Lipinski definition) is 0. The number of aliphatic imine (C=N–C) groups is 1. The summed E-state index contributed by atoms with van der Waals surface area (Å²) in [5.74, 6) is 1.69. The van der Waals surface area contributed by atoms with Crippen LogP contribution < -0.4 is 4.74 Å². The second-order valence-corrected chi connectivity index (χ2v) is 7.65. The smallest absolute Gasteiger partial charge is 0.135 e. The van der Waals surface area contributed by atoms with E-state index in [2.05, 4.69) is 76.2 Å². The minimum absolute atomic E-state index is 0.420. The predicted molar refractivity (Wildman–Crippen MR) is 120 cm³/mol. The molecule has 0 saturated heterocycles. The van der Waals surface area contributed by atoms with E-state index in [-0.39, 0.29) is 0 Å². The van der Waals surface area contributed by atoms with E-state index in [0.717, 1.165) is 28.1 Å². The molecule has 0 fully saturated rings. The third-order valence-electron chi connectivity index (χ3n) is 5.01. The lowest BCUT2D eigenvalue weighted by atomic mass is 9.93. The van der Waals surface area contributed by atoms with E-state index in [0.29, 0.717) is 11.8 Å². The molecule has 0 N–H and O–H groups in total. The number of rotatable bonds is 6. The molecule has 3 aromatic rings. The van der Waals surface area contributed by atoms with Crippen LogP contribution in [0.25, 0.3) is 11.1 Å². The lowest BCUT2D eigenvalue weighted by Crippen LogP contribution is -1.97. The lowest BCUT2D eigenvalue weighted by Gasteiger charge is -2.16. The summed E-state index contributed by atoms with van der Waals surface area (Å²) in [6.07, 6.45) is 1.94. The Labute approximate surface area is 168 Å². The first kappa shape index (κ1) is 19.9. The molecule has 0 aromatic heterocycles. The molecule has 0 heterocycles. The molecular formula is C26H29NO. The highest BCUT2D eigenvalue weighted by atomic mass is 16.5. The van der Waals surface area contributed by atoms with Gasteiger partial charge in [0, 0.05) is 17.3 Å². The van der Waals surface area contributed by atoms with Gasteiger partial charge in [-0.1, -0.05) is 88.4 Å². The van der Waals surface area contributed by atoms with Gasteiger partial charge in [0.05, 0.1) is 12.8 Å². The van der Waals surface area contributed by atoms with Gasteiger partial charge in [0.2, 0.25) is 0 Å².